The summed E-state index contributed by atoms with van der Waals surface area (Å²) in [7, 11) is 1.81. The molecule has 1 rings (SSSR count). The number of hydrogen-bond donors (Lipinski definition) is 2. The lowest BCUT2D eigenvalue weighted by atomic mass is 10.3. The van der Waals surface area contributed by atoms with Gasteiger partial charge in [0, 0.05) is 18.2 Å². The number of rotatable bonds is 6. The molecule has 0 saturated heterocycles. The van der Waals surface area contributed by atoms with E-state index in [1.54, 1.807) is 18.2 Å². The van der Waals surface area contributed by atoms with Gasteiger partial charge in [-0.25, -0.2) is 0 Å². The number of halogens is 2. The number of aliphatic hydroxyl groups excluding tert-OH is 1. The predicted molar refractivity (Wildman–Crippen MR) is 74.3 cm³/mol. The van der Waals surface area contributed by atoms with Gasteiger partial charge in [-0.15, -0.1) is 0 Å². The van der Waals surface area contributed by atoms with Gasteiger partial charge in [0.05, 0.1) is 17.3 Å². The quantitative estimate of drug-likeness (QED) is 0.845. The van der Waals surface area contributed by atoms with Crippen LogP contribution in [0.2, 0.25) is 10.0 Å². The molecule has 1 amide bonds. The topological polar surface area (TPSA) is 52.6 Å². The Morgan fingerprint density at radius 3 is 2.83 bits per heavy atom. The standard InChI is InChI=1S/C12H16Cl2N2O2/c1-16(5-2-6-17)8-12(18)15-11-7-9(13)3-4-10(11)14/h3-4,7,17H,2,5-6,8H2,1H3,(H,15,18). The first-order chi connectivity index (χ1) is 8.52. The summed E-state index contributed by atoms with van der Waals surface area (Å²) >= 11 is 11.8. The van der Waals surface area contributed by atoms with Gasteiger partial charge in [0.1, 0.15) is 0 Å². The van der Waals surface area contributed by atoms with Crippen LogP contribution in [0, 0.1) is 0 Å². The van der Waals surface area contributed by atoms with Gasteiger partial charge in [-0.05, 0) is 31.7 Å². The van der Waals surface area contributed by atoms with E-state index < -0.39 is 0 Å². The van der Waals surface area contributed by atoms with Crippen molar-refractivity contribution in [2.24, 2.45) is 0 Å². The van der Waals surface area contributed by atoms with Crippen molar-refractivity contribution in [2.45, 2.75) is 6.42 Å². The molecule has 0 fully saturated rings. The minimum Gasteiger partial charge on any atom is -0.396 e. The highest BCUT2D eigenvalue weighted by atomic mass is 35.5. The largest absolute Gasteiger partial charge is 0.396 e. The summed E-state index contributed by atoms with van der Waals surface area (Å²) in [6, 6.07) is 4.90. The van der Waals surface area contributed by atoms with Crippen LogP contribution in [-0.4, -0.2) is 42.7 Å². The Kier molecular flexibility index (Phi) is 6.43. The van der Waals surface area contributed by atoms with Crippen LogP contribution in [0.15, 0.2) is 18.2 Å². The van der Waals surface area contributed by atoms with E-state index in [0.29, 0.717) is 28.7 Å². The molecule has 0 unspecified atom stereocenters. The summed E-state index contributed by atoms with van der Waals surface area (Å²) < 4.78 is 0. The van der Waals surface area contributed by atoms with Gasteiger partial charge < -0.3 is 10.4 Å². The van der Waals surface area contributed by atoms with E-state index in [1.165, 1.54) is 0 Å². The minimum atomic E-state index is -0.167. The molecule has 4 nitrogen and oxygen atoms in total. The maximum absolute atomic E-state index is 11.7. The molecule has 0 bridgehead atoms. The van der Waals surface area contributed by atoms with Crippen LogP contribution < -0.4 is 5.32 Å². The highest BCUT2D eigenvalue weighted by molar-refractivity contribution is 6.35. The molecule has 100 valence electrons. The third kappa shape index (κ3) is 5.23. The van der Waals surface area contributed by atoms with E-state index in [2.05, 4.69) is 5.32 Å². The Hall–Kier alpha value is -0.810. The maximum Gasteiger partial charge on any atom is 0.238 e. The molecular formula is C12H16Cl2N2O2. The van der Waals surface area contributed by atoms with Crippen LogP contribution in [0.25, 0.3) is 0 Å². The minimum absolute atomic E-state index is 0.117. The second-order valence-corrected chi connectivity index (χ2v) is 4.83. The van der Waals surface area contributed by atoms with E-state index in [1.807, 2.05) is 11.9 Å². The number of amides is 1. The van der Waals surface area contributed by atoms with Crippen molar-refractivity contribution in [1.82, 2.24) is 4.90 Å². The monoisotopic (exact) mass is 290 g/mol. The van der Waals surface area contributed by atoms with Gasteiger partial charge in [-0.2, -0.15) is 0 Å². The van der Waals surface area contributed by atoms with E-state index in [-0.39, 0.29) is 19.1 Å². The van der Waals surface area contributed by atoms with E-state index in [9.17, 15) is 4.79 Å². The van der Waals surface area contributed by atoms with Crippen molar-refractivity contribution in [3.8, 4) is 0 Å². The second kappa shape index (κ2) is 7.59. The SMILES string of the molecule is CN(CCCO)CC(=O)Nc1cc(Cl)ccc1Cl. The number of aliphatic hydroxyl groups is 1. The molecule has 6 heteroatoms. The Morgan fingerprint density at radius 2 is 2.17 bits per heavy atom. The lowest BCUT2D eigenvalue weighted by Gasteiger charge is -2.15. The molecular weight excluding hydrogens is 275 g/mol. The highest BCUT2D eigenvalue weighted by Gasteiger charge is 2.09. The zero-order valence-electron chi connectivity index (χ0n) is 10.1. The number of carbonyl (C=O) groups is 1. The third-order valence-electron chi connectivity index (χ3n) is 2.31. The third-order valence-corrected chi connectivity index (χ3v) is 2.88. The molecule has 0 aliphatic heterocycles. The van der Waals surface area contributed by atoms with Gasteiger partial charge in [-0.1, -0.05) is 23.2 Å². The Bertz CT molecular complexity index is 413. The summed E-state index contributed by atoms with van der Waals surface area (Å²) in [5, 5.41) is 12.4. The molecule has 0 atom stereocenters. The number of nitrogens with one attached hydrogen (secondary N) is 1. The molecule has 0 aliphatic carbocycles. The average molecular weight is 291 g/mol. The fourth-order valence-corrected chi connectivity index (χ4v) is 1.78. The number of carbonyl (C=O) groups excluding carboxylic acids is 1. The van der Waals surface area contributed by atoms with Crippen molar-refractivity contribution < 1.29 is 9.90 Å². The van der Waals surface area contributed by atoms with Crippen LogP contribution in [0.3, 0.4) is 0 Å². The van der Waals surface area contributed by atoms with Crippen LogP contribution in [0.4, 0.5) is 5.69 Å². The van der Waals surface area contributed by atoms with E-state index in [4.69, 9.17) is 28.3 Å². The summed E-state index contributed by atoms with van der Waals surface area (Å²) in [5.74, 6) is -0.167. The van der Waals surface area contributed by atoms with Gasteiger partial charge >= 0.3 is 0 Å². The number of anilines is 1. The molecule has 1 aromatic rings. The zero-order valence-corrected chi connectivity index (χ0v) is 11.6. The number of nitrogens with zero attached hydrogens (tertiary/aromatic N) is 1. The first-order valence-corrected chi connectivity index (χ1v) is 6.33. The molecule has 0 aromatic heterocycles. The van der Waals surface area contributed by atoms with Crippen molar-refractivity contribution in [2.75, 3.05) is 32.1 Å². The van der Waals surface area contributed by atoms with E-state index in [0.717, 1.165) is 0 Å². The molecule has 0 radical (unpaired) electrons. The molecule has 0 saturated carbocycles. The Balaban J connectivity index is 2.51. The van der Waals surface area contributed by atoms with Gasteiger partial charge in [-0.3, -0.25) is 9.69 Å². The first kappa shape index (κ1) is 15.2. The Morgan fingerprint density at radius 1 is 1.44 bits per heavy atom. The summed E-state index contributed by atoms with van der Waals surface area (Å²) in [4.78, 5) is 13.6. The zero-order chi connectivity index (χ0) is 13.5. The fraction of sp³-hybridized carbons (Fsp3) is 0.417. The predicted octanol–water partition coefficient (Wildman–Crippen LogP) is 2.25. The summed E-state index contributed by atoms with van der Waals surface area (Å²) in [6.07, 6.45) is 0.641. The second-order valence-electron chi connectivity index (χ2n) is 3.99. The van der Waals surface area contributed by atoms with Gasteiger partial charge in [0.15, 0.2) is 0 Å². The molecule has 2 N–H and O–H groups in total. The number of hydrogen-bond acceptors (Lipinski definition) is 3. The molecule has 0 aliphatic rings. The fourth-order valence-electron chi connectivity index (χ4n) is 1.45. The number of likely N-dealkylation sites (N-methyl/N-ethyl adjacent to an activating group) is 1. The van der Waals surface area contributed by atoms with Crippen LogP contribution in [-0.2, 0) is 4.79 Å². The molecule has 18 heavy (non-hydrogen) atoms. The number of benzene rings is 1. The van der Waals surface area contributed by atoms with E-state index >= 15 is 0 Å². The van der Waals surface area contributed by atoms with Crippen molar-refractivity contribution in [1.29, 1.82) is 0 Å². The van der Waals surface area contributed by atoms with Gasteiger partial charge in [0.25, 0.3) is 0 Å². The van der Waals surface area contributed by atoms with Crippen LogP contribution in [0.5, 0.6) is 0 Å². The Labute approximate surface area is 116 Å². The van der Waals surface area contributed by atoms with Crippen LogP contribution >= 0.6 is 23.2 Å². The normalized spacial score (nSPS) is 10.7. The van der Waals surface area contributed by atoms with Crippen molar-refractivity contribution >= 4 is 34.8 Å². The van der Waals surface area contributed by atoms with Crippen molar-refractivity contribution in [3.05, 3.63) is 28.2 Å². The first-order valence-electron chi connectivity index (χ1n) is 5.57. The molecule has 0 spiro atoms. The van der Waals surface area contributed by atoms with Gasteiger partial charge in [0.2, 0.25) is 5.91 Å². The maximum atomic E-state index is 11.7. The lowest BCUT2D eigenvalue weighted by Crippen LogP contribution is -2.31. The highest BCUT2D eigenvalue weighted by Crippen LogP contribution is 2.25. The molecule has 1 aromatic carbocycles. The lowest BCUT2D eigenvalue weighted by molar-refractivity contribution is -0.117. The van der Waals surface area contributed by atoms with Crippen molar-refractivity contribution in [3.63, 3.8) is 0 Å². The summed E-state index contributed by atoms with van der Waals surface area (Å²) in [5.41, 5.74) is 0.504. The molecule has 0 heterocycles. The summed E-state index contributed by atoms with van der Waals surface area (Å²) in [6.45, 7) is 1.02. The smallest absolute Gasteiger partial charge is 0.238 e. The average Bonchev–Trinajstić information content (AvgIpc) is 2.31. The van der Waals surface area contributed by atoms with Crippen LogP contribution in [0.1, 0.15) is 6.42 Å².